The second-order valence-electron chi connectivity index (χ2n) is 4.50. The third-order valence-electron chi connectivity index (χ3n) is 3.06. The number of benzene rings is 2. The van der Waals surface area contributed by atoms with Gasteiger partial charge in [0.05, 0.1) is 22.3 Å². The zero-order chi connectivity index (χ0) is 15.0. The van der Waals surface area contributed by atoms with Gasteiger partial charge < -0.3 is 21.0 Å². The molecule has 0 saturated heterocycles. The van der Waals surface area contributed by atoms with Gasteiger partial charge in [0.15, 0.2) is 0 Å². The summed E-state index contributed by atoms with van der Waals surface area (Å²) in [6, 6.07) is 10.2. The summed E-state index contributed by atoms with van der Waals surface area (Å²) >= 11 is 3.36. The molecular weight excluding hydrogens is 336 g/mol. The van der Waals surface area contributed by atoms with Crippen molar-refractivity contribution in [3.05, 3.63) is 56.9 Å². The van der Waals surface area contributed by atoms with Crippen LogP contribution in [-0.2, 0) is 0 Å². The van der Waals surface area contributed by atoms with Crippen molar-refractivity contribution < 1.29 is 4.79 Å². The van der Waals surface area contributed by atoms with E-state index in [1.807, 2.05) is 0 Å². The number of aromatic amines is 2. The molecule has 0 radical (unpaired) electrons. The minimum Gasteiger partial charge on any atom is -0.398 e. The predicted octanol–water partition coefficient (Wildman–Crippen LogP) is 2.45. The summed E-state index contributed by atoms with van der Waals surface area (Å²) in [5.74, 6) is -0.314. The number of fused-ring (bicyclic) bond motifs is 1. The molecule has 1 heterocycles. The Morgan fingerprint density at radius 2 is 1.81 bits per heavy atom. The van der Waals surface area contributed by atoms with E-state index in [1.165, 1.54) is 0 Å². The lowest BCUT2D eigenvalue weighted by Crippen LogP contribution is -2.14. The number of imidazole rings is 1. The molecule has 2 aromatic carbocycles. The number of amides is 1. The van der Waals surface area contributed by atoms with Crippen LogP contribution in [0, 0.1) is 0 Å². The molecule has 1 aromatic heterocycles. The van der Waals surface area contributed by atoms with E-state index in [9.17, 15) is 9.59 Å². The number of hydrogen-bond acceptors (Lipinski definition) is 3. The first-order chi connectivity index (χ1) is 10.0. The van der Waals surface area contributed by atoms with Gasteiger partial charge in [0.2, 0.25) is 0 Å². The number of H-pyrrole nitrogens is 2. The van der Waals surface area contributed by atoms with Crippen LogP contribution in [0.3, 0.4) is 0 Å². The topological polar surface area (TPSA) is 104 Å². The van der Waals surface area contributed by atoms with Crippen molar-refractivity contribution in [3.8, 4) is 0 Å². The Morgan fingerprint density at radius 1 is 1.14 bits per heavy atom. The number of nitrogens with one attached hydrogen (secondary N) is 3. The molecular formula is C14H11BrN4O2. The molecule has 1 amide bonds. The summed E-state index contributed by atoms with van der Waals surface area (Å²) in [4.78, 5) is 28.8. The lowest BCUT2D eigenvalue weighted by atomic mass is 10.1. The first-order valence-electron chi connectivity index (χ1n) is 6.12. The SMILES string of the molecule is Nc1ccccc1C(=O)Nc1cc2[nH]c(=O)[nH]c2cc1Br. The number of nitrogen functional groups attached to an aromatic ring is 1. The average molecular weight is 347 g/mol. The van der Waals surface area contributed by atoms with E-state index in [1.54, 1.807) is 36.4 Å². The molecule has 0 aliphatic carbocycles. The molecule has 0 aliphatic rings. The number of hydrogen-bond donors (Lipinski definition) is 4. The number of halogens is 1. The van der Waals surface area contributed by atoms with Crippen LogP contribution in [0.1, 0.15) is 10.4 Å². The van der Waals surface area contributed by atoms with E-state index in [4.69, 9.17) is 5.73 Å². The molecule has 5 N–H and O–H groups in total. The fourth-order valence-corrected chi connectivity index (χ4v) is 2.49. The smallest absolute Gasteiger partial charge is 0.323 e. The lowest BCUT2D eigenvalue weighted by Gasteiger charge is -2.09. The quantitative estimate of drug-likeness (QED) is 0.535. The molecule has 0 aliphatic heterocycles. The van der Waals surface area contributed by atoms with Gasteiger partial charge in [-0.05, 0) is 40.2 Å². The monoisotopic (exact) mass is 346 g/mol. The summed E-state index contributed by atoms with van der Waals surface area (Å²) in [5, 5.41) is 2.77. The molecule has 21 heavy (non-hydrogen) atoms. The highest BCUT2D eigenvalue weighted by Crippen LogP contribution is 2.27. The zero-order valence-electron chi connectivity index (χ0n) is 10.7. The fraction of sp³-hybridized carbons (Fsp3) is 0. The fourth-order valence-electron chi connectivity index (χ4n) is 2.05. The number of para-hydroxylation sites is 1. The van der Waals surface area contributed by atoms with Crippen molar-refractivity contribution in [2.75, 3.05) is 11.1 Å². The van der Waals surface area contributed by atoms with Crippen LogP contribution < -0.4 is 16.7 Å². The van der Waals surface area contributed by atoms with Crippen LogP contribution in [0.5, 0.6) is 0 Å². The van der Waals surface area contributed by atoms with Gasteiger partial charge in [-0.1, -0.05) is 12.1 Å². The largest absolute Gasteiger partial charge is 0.398 e. The van der Waals surface area contributed by atoms with E-state index in [-0.39, 0.29) is 11.6 Å². The first kappa shape index (κ1) is 13.4. The summed E-state index contributed by atoms with van der Waals surface area (Å²) < 4.78 is 0.660. The van der Waals surface area contributed by atoms with E-state index < -0.39 is 0 Å². The van der Waals surface area contributed by atoms with Crippen molar-refractivity contribution in [1.29, 1.82) is 0 Å². The van der Waals surface area contributed by atoms with Crippen LogP contribution in [-0.4, -0.2) is 15.9 Å². The normalized spacial score (nSPS) is 10.7. The van der Waals surface area contributed by atoms with Gasteiger partial charge in [-0.3, -0.25) is 4.79 Å². The molecule has 6 nitrogen and oxygen atoms in total. The van der Waals surface area contributed by atoms with E-state index in [2.05, 4.69) is 31.2 Å². The Balaban J connectivity index is 1.98. The third kappa shape index (κ3) is 2.55. The van der Waals surface area contributed by atoms with Gasteiger partial charge in [-0.2, -0.15) is 0 Å². The van der Waals surface area contributed by atoms with Crippen molar-refractivity contribution in [2.24, 2.45) is 0 Å². The van der Waals surface area contributed by atoms with Crippen molar-refractivity contribution in [3.63, 3.8) is 0 Å². The maximum atomic E-state index is 12.2. The number of rotatable bonds is 2. The van der Waals surface area contributed by atoms with E-state index in [0.29, 0.717) is 32.4 Å². The van der Waals surface area contributed by atoms with Crippen LogP contribution in [0.2, 0.25) is 0 Å². The Hall–Kier alpha value is -2.54. The molecule has 3 rings (SSSR count). The molecule has 3 aromatic rings. The summed E-state index contributed by atoms with van der Waals surface area (Å²) in [6.45, 7) is 0. The van der Waals surface area contributed by atoms with Crippen LogP contribution in [0.25, 0.3) is 11.0 Å². The lowest BCUT2D eigenvalue weighted by molar-refractivity contribution is 0.102. The number of carbonyl (C=O) groups excluding carboxylic acids is 1. The van der Waals surface area contributed by atoms with Gasteiger partial charge in [0.25, 0.3) is 5.91 Å². The Kier molecular flexibility index (Phi) is 3.26. The summed E-state index contributed by atoms with van der Waals surface area (Å²) in [7, 11) is 0. The van der Waals surface area contributed by atoms with Gasteiger partial charge in [0.1, 0.15) is 0 Å². The number of aromatic nitrogens is 2. The highest BCUT2D eigenvalue weighted by Gasteiger charge is 2.12. The minimum absolute atomic E-state index is 0.298. The Bertz CT molecular complexity index is 897. The molecule has 0 saturated carbocycles. The van der Waals surface area contributed by atoms with Crippen molar-refractivity contribution in [2.45, 2.75) is 0 Å². The van der Waals surface area contributed by atoms with Gasteiger partial charge in [-0.25, -0.2) is 4.79 Å². The highest BCUT2D eigenvalue weighted by molar-refractivity contribution is 9.10. The highest BCUT2D eigenvalue weighted by atomic mass is 79.9. The Labute approximate surface area is 127 Å². The average Bonchev–Trinajstić information content (AvgIpc) is 2.78. The maximum Gasteiger partial charge on any atom is 0.323 e. The second-order valence-corrected chi connectivity index (χ2v) is 5.35. The van der Waals surface area contributed by atoms with E-state index >= 15 is 0 Å². The molecule has 0 fully saturated rings. The predicted molar refractivity (Wildman–Crippen MR) is 85.4 cm³/mol. The van der Waals surface area contributed by atoms with Crippen LogP contribution in [0.15, 0.2) is 45.7 Å². The zero-order valence-corrected chi connectivity index (χ0v) is 12.3. The molecule has 7 heteroatoms. The Morgan fingerprint density at radius 3 is 2.52 bits per heavy atom. The second kappa shape index (κ2) is 5.10. The summed E-state index contributed by atoms with van der Waals surface area (Å²) in [5.41, 5.74) is 8.10. The molecule has 0 spiro atoms. The number of nitrogens with two attached hydrogens (primary N) is 1. The van der Waals surface area contributed by atoms with Crippen LogP contribution >= 0.6 is 15.9 Å². The molecule has 106 valence electrons. The van der Waals surface area contributed by atoms with Crippen LogP contribution in [0.4, 0.5) is 11.4 Å². The third-order valence-corrected chi connectivity index (χ3v) is 3.71. The first-order valence-corrected chi connectivity index (χ1v) is 6.91. The van der Waals surface area contributed by atoms with Crippen molar-refractivity contribution in [1.82, 2.24) is 9.97 Å². The standard InChI is InChI=1S/C14H11BrN4O2/c15-8-5-11-12(19-14(21)18-11)6-10(8)17-13(20)7-3-1-2-4-9(7)16/h1-6H,16H2,(H,17,20)(H2,18,19,21). The molecule has 0 bridgehead atoms. The number of anilines is 2. The van der Waals surface area contributed by atoms with Gasteiger partial charge in [-0.15, -0.1) is 0 Å². The molecule has 0 unspecified atom stereocenters. The molecule has 0 atom stereocenters. The minimum atomic E-state index is -0.314. The maximum absolute atomic E-state index is 12.2. The number of carbonyl (C=O) groups is 1. The van der Waals surface area contributed by atoms with Gasteiger partial charge >= 0.3 is 5.69 Å². The van der Waals surface area contributed by atoms with Crippen molar-refractivity contribution >= 4 is 44.2 Å². The van der Waals surface area contributed by atoms with Gasteiger partial charge in [0, 0.05) is 10.2 Å². The van der Waals surface area contributed by atoms with E-state index in [0.717, 1.165) is 0 Å². The summed E-state index contributed by atoms with van der Waals surface area (Å²) in [6.07, 6.45) is 0.